The van der Waals surface area contributed by atoms with Gasteiger partial charge in [-0.25, -0.2) is 9.97 Å². The Balaban J connectivity index is 1.76. The minimum absolute atomic E-state index is 0.467. The van der Waals surface area contributed by atoms with Gasteiger partial charge in [-0.1, -0.05) is 66.9 Å². The van der Waals surface area contributed by atoms with Gasteiger partial charge in [0.15, 0.2) is 5.82 Å². The number of hydrogen-bond acceptors (Lipinski definition) is 3. The summed E-state index contributed by atoms with van der Waals surface area (Å²) in [6.07, 6.45) is 3.82. The molecule has 1 aliphatic rings. The van der Waals surface area contributed by atoms with Crippen LogP contribution in [-0.4, -0.2) is 16.0 Å². The van der Waals surface area contributed by atoms with E-state index in [1.807, 2.05) is 18.2 Å². The standard InChI is InChI=1S/C22H24BrN3/c1-14-6-5-9-19(15(14)2)24-22-18-7-3-4-8-20(18)25-21(26-22)16-10-12-17(23)13-11-16/h3-4,7-8,10-15,19H,5-6,9H2,1-2H3,(H,24,25,26)/t14-,15-,19+/m1/s1. The van der Waals surface area contributed by atoms with Gasteiger partial charge in [0.2, 0.25) is 0 Å². The summed E-state index contributed by atoms with van der Waals surface area (Å²) in [5, 5.41) is 4.86. The first kappa shape index (κ1) is 17.5. The van der Waals surface area contributed by atoms with Crippen LogP contribution in [-0.2, 0) is 0 Å². The minimum Gasteiger partial charge on any atom is -0.366 e. The summed E-state index contributed by atoms with van der Waals surface area (Å²) in [6, 6.07) is 16.9. The molecule has 0 amide bonds. The Labute approximate surface area is 163 Å². The molecule has 0 aliphatic heterocycles. The zero-order valence-electron chi connectivity index (χ0n) is 15.2. The van der Waals surface area contributed by atoms with E-state index in [-0.39, 0.29) is 0 Å². The monoisotopic (exact) mass is 409 g/mol. The molecular weight excluding hydrogens is 386 g/mol. The highest BCUT2D eigenvalue weighted by Crippen LogP contribution is 2.33. The fourth-order valence-corrected chi connectivity index (χ4v) is 4.14. The summed E-state index contributed by atoms with van der Waals surface area (Å²) < 4.78 is 1.06. The Hall–Kier alpha value is -1.94. The molecule has 0 bridgehead atoms. The first-order valence-corrected chi connectivity index (χ1v) is 10.2. The van der Waals surface area contributed by atoms with Gasteiger partial charge in [-0.15, -0.1) is 0 Å². The molecule has 0 unspecified atom stereocenters. The Morgan fingerprint density at radius 3 is 2.54 bits per heavy atom. The minimum atomic E-state index is 0.467. The number of benzene rings is 2. The second-order valence-corrected chi connectivity index (χ2v) is 8.35. The highest BCUT2D eigenvalue weighted by Gasteiger charge is 2.27. The van der Waals surface area contributed by atoms with E-state index in [4.69, 9.17) is 9.97 Å². The summed E-state index contributed by atoms with van der Waals surface area (Å²) in [4.78, 5) is 9.71. The summed E-state index contributed by atoms with van der Waals surface area (Å²) >= 11 is 3.50. The third-order valence-corrected chi connectivity index (χ3v) is 6.26. The van der Waals surface area contributed by atoms with Crippen molar-refractivity contribution in [1.82, 2.24) is 9.97 Å². The van der Waals surface area contributed by atoms with Crippen LogP contribution in [0.2, 0.25) is 0 Å². The zero-order valence-corrected chi connectivity index (χ0v) is 16.8. The second kappa shape index (κ2) is 7.36. The van der Waals surface area contributed by atoms with Crippen molar-refractivity contribution in [3.63, 3.8) is 0 Å². The number of halogens is 1. The topological polar surface area (TPSA) is 37.8 Å². The average molecular weight is 410 g/mol. The van der Waals surface area contributed by atoms with Crippen molar-refractivity contribution in [1.29, 1.82) is 0 Å². The van der Waals surface area contributed by atoms with Crippen LogP contribution in [0.3, 0.4) is 0 Å². The Kier molecular flexibility index (Phi) is 4.94. The van der Waals surface area contributed by atoms with Crippen molar-refractivity contribution >= 4 is 32.7 Å². The fourth-order valence-electron chi connectivity index (χ4n) is 3.88. The molecule has 0 spiro atoms. The molecule has 0 radical (unpaired) electrons. The van der Waals surface area contributed by atoms with Gasteiger partial charge < -0.3 is 5.32 Å². The number of para-hydroxylation sites is 1. The Morgan fingerprint density at radius 1 is 0.962 bits per heavy atom. The Bertz CT molecular complexity index is 907. The van der Waals surface area contributed by atoms with E-state index in [1.54, 1.807) is 0 Å². The maximum absolute atomic E-state index is 4.92. The molecule has 2 aromatic carbocycles. The number of aromatic nitrogens is 2. The maximum atomic E-state index is 4.92. The molecule has 1 N–H and O–H groups in total. The van der Waals surface area contributed by atoms with Gasteiger partial charge in [-0.3, -0.25) is 0 Å². The highest BCUT2D eigenvalue weighted by molar-refractivity contribution is 9.10. The summed E-state index contributed by atoms with van der Waals surface area (Å²) in [6.45, 7) is 4.73. The highest BCUT2D eigenvalue weighted by atomic mass is 79.9. The third-order valence-electron chi connectivity index (χ3n) is 5.73. The molecule has 4 heteroatoms. The van der Waals surface area contributed by atoms with Crippen molar-refractivity contribution in [2.24, 2.45) is 11.8 Å². The molecule has 26 heavy (non-hydrogen) atoms. The van der Waals surface area contributed by atoms with Crippen LogP contribution >= 0.6 is 15.9 Å². The van der Waals surface area contributed by atoms with E-state index in [1.165, 1.54) is 19.3 Å². The lowest BCUT2D eigenvalue weighted by Crippen LogP contribution is -2.35. The van der Waals surface area contributed by atoms with Crippen molar-refractivity contribution in [3.05, 3.63) is 53.0 Å². The lowest BCUT2D eigenvalue weighted by molar-refractivity contribution is 0.253. The molecule has 3 aromatic rings. The summed E-state index contributed by atoms with van der Waals surface area (Å²) in [7, 11) is 0. The normalized spacial score (nSPS) is 23.1. The second-order valence-electron chi connectivity index (χ2n) is 7.44. The third kappa shape index (κ3) is 3.48. The van der Waals surface area contributed by atoms with Crippen LogP contribution in [0.25, 0.3) is 22.3 Å². The number of rotatable bonds is 3. The molecule has 1 aliphatic carbocycles. The van der Waals surface area contributed by atoms with E-state index in [9.17, 15) is 0 Å². The smallest absolute Gasteiger partial charge is 0.162 e. The van der Waals surface area contributed by atoms with E-state index in [2.05, 4.69) is 65.4 Å². The molecule has 1 heterocycles. The lowest BCUT2D eigenvalue weighted by Gasteiger charge is -2.35. The fraction of sp³-hybridized carbons (Fsp3) is 0.364. The van der Waals surface area contributed by atoms with Gasteiger partial charge in [0.1, 0.15) is 5.82 Å². The van der Waals surface area contributed by atoms with Crippen molar-refractivity contribution in [2.45, 2.75) is 39.2 Å². The lowest BCUT2D eigenvalue weighted by atomic mass is 9.78. The van der Waals surface area contributed by atoms with Crippen LogP contribution in [0, 0.1) is 11.8 Å². The van der Waals surface area contributed by atoms with Crippen molar-refractivity contribution < 1.29 is 0 Å². The van der Waals surface area contributed by atoms with Gasteiger partial charge >= 0.3 is 0 Å². The molecule has 134 valence electrons. The molecule has 4 rings (SSSR count). The SMILES string of the molecule is C[C@@H]1[C@H](C)CCC[C@@H]1Nc1nc(-c2ccc(Br)cc2)nc2ccccc12. The van der Waals surface area contributed by atoms with E-state index in [0.717, 1.165) is 38.5 Å². The summed E-state index contributed by atoms with van der Waals surface area (Å²) in [5.41, 5.74) is 2.02. The molecule has 1 aromatic heterocycles. The van der Waals surface area contributed by atoms with Gasteiger partial charge in [0.05, 0.1) is 5.52 Å². The number of fused-ring (bicyclic) bond motifs is 1. The molecule has 1 fully saturated rings. The quantitative estimate of drug-likeness (QED) is 0.551. The van der Waals surface area contributed by atoms with Gasteiger partial charge in [-0.05, 0) is 42.5 Å². The zero-order chi connectivity index (χ0) is 18.1. The average Bonchev–Trinajstić information content (AvgIpc) is 2.66. The summed E-state index contributed by atoms with van der Waals surface area (Å²) in [5.74, 6) is 3.13. The number of nitrogens with zero attached hydrogens (tertiary/aromatic N) is 2. The molecule has 0 saturated heterocycles. The number of anilines is 1. The predicted octanol–water partition coefficient (Wildman–Crippen LogP) is 6.30. The number of hydrogen-bond donors (Lipinski definition) is 1. The molecule has 3 atom stereocenters. The molecule has 1 saturated carbocycles. The van der Waals surface area contributed by atoms with E-state index in [0.29, 0.717) is 12.0 Å². The van der Waals surface area contributed by atoms with Crippen LogP contribution in [0.4, 0.5) is 5.82 Å². The maximum Gasteiger partial charge on any atom is 0.162 e. The predicted molar refractivity (Wildman–Crippen MR) is 112 cm³/mol. The van der Waals surface area contributed by atoms with E-state index >= 15 is 0 Å². The number of nitrogens with one attached hydrogen (secondary N) is 1. The van der Waals surface area contributed by atoms with Gasteiger partial charge in [0, 0.05) is 21.5 Å². The van der Waals surface area contributed by atoms with Crippen molar-refractivity contribution in [3.8, 4) is 11.4 Å². The van der Waals surface area contributed by atoms with Crippen LogP contribution in [0.15, 0.2) is 53.0 Å². The molecule has 3 nitrogen and oxygen atoms in total. The first-order valence-electron chi connectivity index (χ1n) is 9.41. The van der Waals surface area contributed by atoms with Gasteiger partial charge in [-0.2, -0.15) is 0 Å². The van der Waals surface area contributed by atoms with Crippen LogP contribution in [0.1, 0.15) is 33.1 Å². The Morgan fingerprint density at radius 2 is 1.73 bits per heavy atom. The van der Waals surface area contributed by atoms with Crippen LogP contribution in [0.5, 0.6) is 0 Å². The first-order chi connectivity index (χ1) is 12.6. The van der Waals surface area contributed by atoms with Crippen molar-refractivity contribution in [2.75, 3.05) is 5.32 Å². The van der Waals surface area contributed by atoms with E-state index < -0.39 is 0 Å². The molecular formula is C22H24BrN3. The largest absolute Gasteiger partial charge is 0.366 e. The van der Waals surface area contributed by atoms with Crippen LogP contribution < -0.4 is 5.32 Å². The van der Waals surface area contributed by atoms with Gasteiger partial charge in [0.25, 0.3) is 0 Å².